The number of allylic oxidation sites excluding steroid dienone is 1. The van der Waals surface area contributed by atoms with E-state index in [-0.39, 0.29) is 12.5 Å². The first-order valence-corrected chi connectivity index (χ1v) is 13.0. The third-order valence-corrected chi connectivity index (χ3v) is 7.82. The number of halogens is 1. The Morgan fingerprint density at radius 1 is 1.11 bits per heavy atom. The van der Waals surface area contributed by atoms with E-state index >= 15 is 0 Å². The SMILES string of the molecule is CCOC(=O)c1c(NC(=O)C2=C(C)N(c3ccccc3)C(=S)NC2c2ccccc2Cl)sc(C)c1C. The van der Waals surface area contributed by atoms with Crippen LogP contribution in [0.15, 0.2) is 65.9 Å². The maximum absolute atomic E-state index is 13.9. The highest BCUT2D eigenvalue weighted by Gasteiger charge is 2.36. The summed E-state index contributed by atoms with van der Waals surface area (Å²) in [6.45, 7) is 7.61. The summed E-state index contributed by atoms with van der Waals surface area (Å²) in [5, 5.41) is 7.71. The van der Waals surface area contributed by atoms with Crippen molar-refractivity contribution in [2.24, 2.45) is 0 Å². The van der Waals surface area contributed by atoms with Gasteiger partial charge in [-0.25, -0.2) is 4.79 Å². The third-order valence-electron chi connectivity index (χ3n) is 6.05. The van der Waals surface area contributed by atoms with E-state index in [1.54, 1.807) is 13.0 Å². The molecule has 0 aliphatic carbocycles. The Kier molecular flexibility index (Phi) is 7.78. The molecule has 1 aliphatic heterocycles. The Morgan fingerprint density at radius 3 is 2.44 bits per heavy atom. The van der Waals surface area contributed by atoms with E-state index in [9.17, 15) is 9.59 Å². The molecule has 1 unspecified atom stereocenters. The molecule has 1 atom stereocenters. The van der Waals surface area contributed by atoms with Crippen LogP contribution in [0.2, 0.25) is 5.02 Å². The van der Waals surface area contributed by atoms with Gasteiger partial charge in [-0.1, -0.05) is 48.0 Å². The summed E-state index contributed by atoms with van der Waals surface area (Å²) in [5.41, 5.74) is 3.82. The molecule has 2 aromatic carbocycles. The van der Waals surface area contributed by atoms with E-state index in [0.717, 1.165) is 21.7 Å². The molecule has 3 aromatic rings. The number of hydrogen-bond acceptors (Lipinski definition) is 5. The molecule has 0 spiro atoms. The quantitative estimate of drug-likeness (QED) is 0.273. The van der Waals surface area contributed by atoms with Crippen LogP contribution >= 0.6 is 35.2 Å². The van der Waals surface area contributed by atoms with Gasteiger partial charge in [0.05, 0.1) is 23.8 Å². The maximum atomic E-state index is 13.9. The van der Waals surface area contributed by atoms with Crippen LogP contribution in [0.5, 0.6) is 0 Å². The zero-order valence-electron chi connectivity index (χ0n) is 20.3. The fourth-order valence-corrected chi connectivity index (χ4v) is 5.85. The van der Waals surface area contributed by atoms with Gasteiger partial charge < -0.3 is 15.4 Å². The number of benzene rings is 2. The van der Waals surface area contributed by atoms with Gasteiger partial charge in [-0.05, 0) is 69.2 Å². The second kappa shape index (κ2) is 10.8. The van der Waals surface area contributed by atoms with Crippen molar-refractivity contribution < 1.29 is 14.3 Å². The van der Waals surface area contributed by atoms with Crippen LogP contribution in [-0.4, -0.2) is 23.6 Å². The normalized spacial score (nSPS) is 15.5. The highest BCUT2D eigenvalue weighted by Crippen LogP contribution is 2.38. The van der Waals surface area contributed by atoms with Gasteiger partial charge in [-0.3, -0.25) is 9.69 Å². The van der Waals surface area contributed by atoms with Crippen LogP contribution < -0.4 is 15.5 Å². The molecule has 36 heavy (non-hydrogen) atoms. The Labute approximate surface area is 224 Å². The minimum absolute atomic E-state index is 0.243. The van der Waals surface area contributed by atoms with Crippen LogP contribution in [-0.2, 0) is 9.53 Å². The molecular weight excluding hydrogens is 514 g/mol. The van der Waals surface area contributed by atoms with Crippen molar-refractivity contribution in [2.75, 3.05) is 16.8 Å². The number of nitrogens with one attached hydrogen (secondary N) is 2. The fraction of sp³-hybridized carbons (Fsp3) is 0.222. The molecule has 0 saturated heterocycles. The first-order chi connectivity index (χ1) is 17.2. The summed E-state index contributed by atoms with van der Waals surface area (Å²) in [4.78, 5) is 29.4. The predicted molar refractivity (Wildman–Crippen MR) is 150 cm³/mol. The van der Waals surface area contributed by atoms with Crippen molar-refractivity contribution in [3.05, 3.63) is 92.5 Å². The van der Waals surface area contributed by atoms with Gasteiger partial charge >= 0.3 is 5.97 Å². The number of anilines is 2. The number of thiocarbonyl (C=S) groups is 1. The average Bonchev–Trinajstić information content (AvgIpc) is 3.12. The number of rotatable bonds is 6. The van der Waals surface area contributed by atoms with Crippen LogP contribution in [0.1, 0.15) is 46.3 Å². The number of ether oxygens (including phenoxy) is 1. The van der Waals surface area contributed by atoms with E-state index < -0.39 is 12.0 Å². The first-order valence-electron chi connectivity index (χ1n) is 11.4. The fourth-order valence-electron chi connectivity index (χ4n) is 4.20. The number of para-hydroxylation sites is 1. The predicted octanol–water partition coefficient (Wildman–Crippen LogP) is 6.54. The summed E-state index contributed by atoms with van der Waals surface area (Å²) in [6, 6.07) is 16.4. The van der Waals surface area contributed by atoms with Gasteiger partial charge in [-0.15, -0.1) is 11.3 Å². The molecular formula is C27H26ClN3O3S2. The van der Waals surface area contributed by atoms with Crippen LogP contribution in [0.4, 0.5) is 10.7 Å². The Morgan fingerprint density at radius 2 is 1.78 bits per heavy atom. The van der Waals surface area contributed by atoms with Gasteiger partial charge in [0, 0.05) is 21.3 Å². The molecule has 0 saturated carbocycles. The van der Waals surface area contributed by atoms with Crippen molar-refractivity contribution in [1.82, 2.24) is 5.32 Å². The van der Waals surface area contributed by atoms with Crippen molar-refractivity contribution in [1.29, 1.82) is 0 Å². The molecule has 2 N–H and O–H groups in total. The Balaban J connectivity index is 1.83. The summed E-state index contributed by atoms with van der Waals surface area (Å²) in [5.74, 6) is -0.822. The summed E-state index contributed by atoms with van der Waals surface area (Å²) in [7, 11) is 0. The molecule has 1 amide bonds. The van der Waals surface area contributed by atoms with Gasteiger partial charge in [-0.2, -0.15) is 0 Å². The van der Waals surface area contributed by atoms with Crippen LogP contribution in [0.3, 0.4) is 0 Å². The number of thiophene rings is 1. The number of amides is 1. The lowest BCUT2D eigenvalue weighted by Gasteiger charge is -2.38. The molecule has 1 aliphatic rings. The molecule has 1 aromatic heterocycles. The molecule has 186 valence electrons. The number of aryl methyl sites for hydroxylation is 1. The average molecular weight is 540 g/mol. The standard InChI is InChI=1S/C27H26ClN3O3S2/c1-5-34-26(33)21-15(2)17(4)36-25(21)30-24(32)22-16(3)31(18-11-7-6-8-12-18)27(35)29-23(22)19-13-9-10-14-20(19)28/h6-14,23H,5H2,1-4H3,(H,29,35)(H,30,32). The first kappa shape index (κ1) is 25.9. The van der Waals surface area contributed by atoms with E-state index in [4.69, 9.17) is 28.6 Å². The second-order valence-electron chi connectivity index (χ2n) is 8.24. The van der Waals surface area contributed by atoms with Crippen LogP contribution in [0, 0.1) is 13.8 Å². The van der Waals surface area contributed by atoms with Gasteiger partial charge in [0.25, 0.3) is 5.91 Å². The summed E-state index contributed by atoms with van der Waals surface area (Å²) in [6.07, 6.45) is 0. The number of nitrogens with zero attached hydrogens (tertiary/aromatic N) is 1. The molecule has 0 radical (unpaired) electrons. The zero-order valence-corrected chi connectivity index (χ0v) is 22.7. The molecule has 0 bridgehead atoms. The van der Waals surface area contributed by atoms with Crippen molar-refractivity contribution >= 4 is 62.8 Å². The maximum Gasteiger partial charge on any atom is 0.341 e. The topological polar surface area (TPSA) is 70.7 Å². The van der Waals surface area contributed by atoms with Crippen molar-refractivity contribution in [2.45, 2.75) is 33.7 Å². The van der Waals surface area contributed by atoms with Crippen molar-refractivity contribution in [3.63, 3.8) is 0 Å². The monoisotopic (exact) mass is 539 g/mol. The number of hydrogen-bond donors (Lipinski definition) is 2. The van der Waals surface area contributed by atoms with E-state index in [2.05, 4.69) is 10.6 Å². The molecule has 4 rings (SSSR count). The number of carbonyl (C=O) groups is 2. The lowest BCUT2D eigenvalue weighted by molar-refractivity contribution is -0.113. The number of esters is 1. The second-order valence-corrected chi connectivity index (χ2v) is 10.3. The molecule has 2 heterocycles. The highest BCUT2D eigenvalue weighted by molar-refractivity contribution is 7.80. The van der Waals surface area contributed by atoms with Crippen molar-refractivity contribution in [3.8, 4) is 0 Å². The summed E-state index contributed by atoms with van der Waals surface area (Å²) >= 11 is 13.6. The van der Waals surface area contributed by atoms with E-state index in [1.807, 2.05) is 74.2 Å². The third kappa shape index (κ3) is 4.89. The summed E-state index contributed by atoms with van der Waals surface area (Å²) < 4.78 is 5.26. The number of carbonyl (C=O) groups excluding carboxylic acids is 2. The van der Waals surface area contributed by atoms with Gasteiger partial charge in [0.15, 0.2) is 5.11 Å². The van der Waals surface area contributed by atoms with Gasteiger partial charge in [0.2, 0.25) is 0 Å². The zero-order chi connectivity index (χ0) is 26.0. The smallest absolute Gasteiger partial charge is 0.341 e. The molecule has 9 heteroatoms. The molecule has 6 nitrogen and oxygen atoms in total. The Bertz CT molecular complexity index is 1370. The largest absolute Gasteiger partial charge is 0.462 e. The lowest BCUT2D eigenvalue weighted by Crippen LogP contribution is -2.48. The molecule has 0 fully saturated rings. The highest BCUT2D eigenvalue weighted by atomic mass is 35.5. The minimum atomic E-state index is -0.584. The lowest BCUT2D eigenvalue weighted by atomic mass is 9.94. The van der Waals surface area contributed by atoms with E-state index in [0.29, 0.717) is 32.0 Å². The van der Waals surface area contributed by atoms with Gasteiger partial charge in [0.1, 0.15) is 5.00 Å². The van der Waals surface area contributed by atoms with E-state index in [1.165, 1.54) is 11.3 Å². The van der Waals surface area contributed by atoms with Crippen LogP contribution in [0.25, 0.3) is 0 Å². The Hall–Kier alpha value is -3.20. The minimum Gasteiger partial charge on any atom is -0.462 e.